The van der Waals surface area contributed by atoms with Crippen LogP contribution in [0, 0.1) is 6.92 Å². The molecule has 0 radical (unpaired) electrons. The van der Waals surface area contributed by atoms with Crippen molar-refractivity contribution in [2.45, 2.75) is 13.5 Å². The van der Waals surface area contributed by atoms with Gasteiger partial charge in [-0.1, -0.05) is 0 Å². The van der Waals surface area contributed by atoms with Crippen molar-refractivity contribution in [1.29, 1.82) is 0 Å². The third kappa shape index (κ3) is 2.93. The number of nitrogens with zero attached hydrogens (tertiary/aromatic N) is 3. The number of hydrogen-bond acceptors (Lipinski definition) is 3. The summed E-state index contributed by atoms with van der Waals surface area (Å²) in [6, 6.07) is 0. The summed E-state index contributed by atoms with van der Waals surface area (Å²) in [6.45, 7) is 7.69. The van der Waals surface area contributed by atoms with E-state index >= 15 is 0 Å². The summed E-state index contributed by atoms with van der Waals surface area (Å²) in [5.74, 6) is 0. The van der Waals surface area contributed by atoms with Crippen molar-refractivity contribution in [3.8, 4) is 0 Å². The smallest absolute Gasteiger partial charge is 0.0537 e. The quantitative estimate of drug-likeness (QED) is 0.593. The second-order valence-corrected chi connectivity index (χ2v) is 3.90. The Bertz CT molecular complexity index is 304. The summed E-state index contributed by atoms with van der Waals surface area (Å²) in [6.07, 6.45) is 1.98. The normalized spacial score (nSPS) is 17.5. The standard InChI is InChI=1S/C10H18N4.ClH/c1-9-10(7-12-13(9)2)8-14-5-3-11-4-6-14;/h7,11H,3-6,8H2,1-2H3;1H/p-1. The Hall–Kier alpha value is -0.580. The molecule has 1 saturated heterocycles. The van der Waals surface area contributed by atoms with Gasteiger partial charge in [-0.3, -0.25) is 9.58 Å². The van der Waals surface area contributed by atoms with Gasteiger partial charge in [0.15, 0.2) is 0 Å². The first-order valence-corrected chi connectivity index (χ1v) is 5.18. The predicted molar refractivity (Wildman–Crippen MR) is 56.1 cm³/mol. The number of halogens is 1. The van der Waals surface area contributed by atoms with E-state index in [2.05, 4.69) is 22.2 Å². The molecule has 1 aliphatic rings. The SMILES string of the molecule is Cc1c(CN2CCNCC2)cnn1C.[Cl-]. The average molecular weight is 230 g/mol. The summed E-state index contributed by atoms with van der Waals surface area (Å²) < 4.78 is 1.94. The van der Waals surface area contributed by atoms with Crippen molar-refractivity contribution in [2.75, 3.05) is 26.2 Å². The maximum absolute atomic E-state index is 4.26. The molecule has 1 fully saturated rings. The molecular formula is C10H18ClN4-. The van der Waals surface area contributed by atoms with Crippen molar-refractivity contribution in [3.05, 3.63) is 17.5 Å². The van der Waals surface area contributed by atoms with E-state index in [0.717, 1.165) is 32.7 Å². The highest BCUT2D eigenvalue weighted by atomic mass is 35.5. The molecule has 0 bridgehead atoms. The van der Waals surface area contributed by atoms with Gasteiger partial charge in [-0.25, -0.2) is 0 Å². The summed E-state index contributed by atoms with van der Waals surface area (Å²) in [7, 11) is 2.00. The van der Waals surface area contributed by atoms with Crippen LogP contribution >= 0.6 is 0 Å². The second kappa shape index (κ2) is 5.49. The molecule has 4 nitrogen and oxygen atoms in total. The van der Waals surface area contributed by atoms with Gasteiger partial charge in [-0.2, -0.15) is 5.10 Å². The molecule has 2 heterocycles. The lowest BCUT2D eigenvalue weighted by Crippen LogP contribution is -3.00. The Morgan fingerprint density at radius 2 is 2.07 bits per heavy atom. The molecule has 15 heavy (non-hydrogen) atoms. The lowest BCUT2D eigenvalue weighted by atomic mass is 10.2. The Balaban J connectivity index is 0.00000112. The maximum Gasteiger partial charge on any atom is 0.0537 e. The Labute approximate surface area is 97.1 Å². The fourth-order valence-corrected chi connectivity index (χ4v) is 1.81. The maximum atomic E-state index is 4.26. The van der Waals surface area contributed by atoms with Gasteiger partial charge in [0.05, 0.1) is 6.20 Å². The zero-order chi connectivity index (χ0) is 9.97. The average Bonchev–Trinajstić information content (AvgIpc) is 2.52. The predicted octanol–water partition coefficient (Wildman–Crippen LogP) is -2.86. The highest BCUT2D eigenvalue weighted by Gasteiger charge is 2.12. The van der Waals surface area contributed by atoms with Crippen LogP contribution in [-0.4, -0.2) is 40.9 Å². The zero-order valence-corrected chi connectivity index (χ0v) is 10.1. The Kier molecular flexibility index (Phi) is 4.57. The van der Waals surface area contributed by atoms with Crippen LogP contribution in [0.3, 0.4) is 0 Å². The molecule has 1 aromatic heterocycles. The van der Waals surface area contributed by atoms with E-state index in [-0.39, 0.29) is 12.4 Å². The number of hydrogen-bond donors (Lipinski definition) is 1. The molecule has 0 aliphatic carbocycles. The van der Waals surface area contributed by atoms with Gasteiger partial charge in [-0.15, -0.1) is 0 Å². The van der Waals surface area contributed by atoms with Crippen LogP contribution in [0.4, 0.5) is 0 Å². The van der Waals surface area contributed by atoms with Crippen molar-refractivity contribution in [1.82, 2.24) is 20.0 Å². The van der Waals surface area contributed by atoms with Crippen molar-refractivity contribution >= 4 is 0 Å². The van der Waals surface area contributed by atoms with Crippen molar-refractivity contribution in [2.24, 2.45) is 7.05 Å². The minimum Gasteiger partial charge on any atom is -1.00 e. The van der Waals surface area contributed by atoms with Gasteiger partial charge >= 0.3 is 0 Å². The first kappa shape index (κ1) is 12.5. The largest absolute Gasteiger partial charge is 1.00 e. The van der Waals surface area contributed by atoms with Crippen LogP contribution < -0.4 is 17.7 Å². The first-order valence-electron chi connectivity index (χ1n) is 5.18. The molecule has 2 rings (SSSR count). The molecule has 0 aromatic carbocycles. The van der Waals surface area contributed by atoms with Crippen LogP contribution in [0.5, 0.6) is 0 Å². The fourth-order valence-electron chi connectivity index (χ4n) is 1.81. The molecule has 0 saturated carbocycles. The van der Waals surface area contributed by atoms with Crippen LogP contribution in [0.25, 0.3) is 0 Å². The minimum atomic E-state index is 0. The van der Waals surface area contributed by atoms with E-state index in [4.69, 9.17) is 0 Å². The van der Waals surface area contributed by atoms with Gasteiger partial charge < -0.3 is 17.7 Å². The van der Waals surface area contributed by atoms with E-state index in [1.165, 1.54) is 11.3 Å². The third-order valence-electron chi connectivity index (χ3n) is 2.94. The van der Waals surface area contributed by atoms with E-state index < -0.39 is 0 Å². The number of rotatable bonds is 2. The van der Waals surface area contributed by atoms with Crippen LogP contribution in [0.2, 0.25) is 0 Å². The lowest BCUT2D eigenvalue weighted by molar-refractivity contribution is -0.00000318. The lowest BCUT2D eigenvalue weighted by Gasteiger charge is -2.26. The summed E-state index contributed by atoms with van der Waals surface area (Å²) in [5, 5.41) is 7.61. The number of piperazine rings is 1. The van der Waals surface area contributed by atoms with Crippen LogP contribution in [-0.2, 0) is 13.6 Å². The molecule has 0 spiro atoms. The monoisotopic (exact) mass is 229 g/mol. The Morgan fingerprint density at radius 3 is 2.60 bits per heavy atom. The van der Waals surface area contributed by atoms with E-state index in [9.17, 15) is 0 Å². The highest BCUT2D eigenvalue weighted by Crippen LogP contribution is 2.09. The molecule has 1 N–H and O–H groups in total. The van der Waals surface area contributed by atoms with Gasteiger partial charge in [0.1, 0.15) is 0 Å². The number of aryl methyl sites for hydroxylation is 1. The van der Waals surface area contributed by atoms with Crippen LogP contribution in [0.15, 0.2) is 6.20 Å². The summed E-state index contributed by atoms with van der Waals surface area (Å²) in [4.78, 5) is 2.47. The van der Waals surface area contributed by atoms with Gasteiger partial charge in [0, 0.05) is 51.0 Å². The van der Waals surface area contributed by atoms with E-state index in [0.29, 0.717) is 0 Å². The molecule has 86 valence electrons. The number of aromatic nitrogens is 2. The molecular weight excluding hydrogens is 212 g/mol. The zero-order valence-electron chi connectivity index (χ0n) is 9.33. The first-order chi connectivity index (χ1) is 6.77. The topological polar surface area (TPSA) is 33.1 Å². The minimum absolute atomic E-state index is 0. The van der Waals surface area contributed by atoms with E-state index in [1.807, 2.05) is 17.9 Å². The molecule has 0 unspecified atom stereocenters. The Morgan fingerprint density at radius 1 is 1.40 bits per heavy atom. The molecule has 0 amide bonds. The van der Waals surface area contributed by atoms with E-state index in [1.54, 1.807) is 0 Å². The molecule has 5 heteroatoms. The number of nitrogens with one attached hydrogen (secondary N) is 1. The second-order valence-electron chi connectivity index (χ2n) is 3.90. The molecule has 1 aliphatic heterocycles. The van der Waals surface area contributed by atoms with Gasteiger partial charge in [0.25, 0.3) is 0 Å². The summed E-state index contributed by atoms with van der Waals surface area (Å²) in [5.41, 5.74) is 2.64. The van der Waals surface area contributed by atoms with Crippen LogP contribution in [0.1, 0.15) is 11.3 Å². The summed E-state index contributed by atoms with van der Waals surface area (Å²) >= 11 is 0. The molecule has 1 aromatic rings. The fraction of sp³-hybridized carbons (Fsp3) is 0.700. The third-order valence-corrected chi connectivity index (χ3v) is 2.94. The van der Waals surface area contributed by atoms with Gasteiger partial charge in [0.2, 0.25) is 0 Å². The van der Waals surface area contributed by atoms with Gasteiger partial charge in [-0.05, 0) is 6.92 Å². The van der Waals surface area contributed by atoms with Crippen molar-refractivity contribution < 1.29 is 12.4 Å². The highest BCUT2D eigenvalue weighted by molar-refractivity contribution is 5.15. The molecule has 0 atom stereocenters. The van der Waals surface area contributed by atoms with Crippen molar-refractivity contribution in [3.63, 3.8) is 0 Å².